The fourth-order valence-electron chi connectivity index (χ4n) is 1.24. The van der Waals surface area contributed by atoms with Crippen molar-refractivity contribution in [1.82, 2.24) is 9.78 Å². The number of hydrogen-bond acceptors (Lipinski definition) is 3. The van der Waals surface area contributed by atoms with Crippen molar-refractivity contribution in [3.63, 3.8) is 0 Å². The molecule has 4 nitrogen and oxygen atoms in total. The number of nitrogens with two attached hydrogens (primary N) is 1. The first-order valence-corrected chi connectivity index (χ1v) is 5.24. The Kier molecular flexibility index (Phi) is 4.37. The number of rotatable bonds is 3. The lowest BCUT2D eigenvalue weighted by atomic mass is 10.1. The van der Waals surface area contributed by atoms with Crippen LogP contribution in [-0.4, -0.2) is 9.78 Å². The zero-order chi connectivity index (χ0) is 13.0. The van der Waals surface area contributed by atoms with Gasteiger partial charge in [0.2, 0.25) is 0 Å². The second kappa shape index (κ2) is 5.56. The summed E-state index contributed by atoms with van der Waals surface area (Å²) in [5.74, 6) is 0.162. The minimum atomic E-state index is -2.58. The minimum absolute atomic E-state index is 0.162. The highest BCUT2D eigenvalue weighted by Crippen LogP contribution is 2.13. The van der Waals surface area contributed by atoms with E-state index in [0.717, 1.165) is 0 Å². The molecule has 0 atom stereocenters. The predicted octanol–water partition coefficient (Wildman–Crippen LogP) is 1.71. The second-order valence-electron chi connectivity index (χ2n) is 3.90. The molecule has 0 aliphatic carbocycles. The van der Waals surface area contributed by atoms with Crippen LogP contribution in [0.3, 0.4) is 0 Å². The first-order valence-electron chi connectivity index (χ1n) is 5.24. The zero-order valence-electron chi connectivity index (χ0n) is 10.1. The maximum absolute atomic E-state index is 12.4. The van der Waals surface area contributed by atoms with Crippen LogP contribution >= 0.6 is 0 Å². The maximum atomic E-state index is 12.4. The Morgan fingerprint density at radius 1 is 1.47 bits per heavy atom. The van der Waals surface area contributed by atoms with Crippen molar-refractivity contribution >= 4 is 0 Å². The number of hydrogen-bond donors (Lipinski definition) is 1. The minimum Gasteiger partial charge on any atom is -0.403 e. The monoisotopic (exact) mass is 242 g/mol. The molecular weight excluding hydrogens is 226 g/mol. The second-order valence-corrected chi connectivity index (χ2v) is 3.90. The summed E-state index contributed by atoms with van der Waals surface area (Å²) in [6, 6.07) is 2.76. The molecule has 1 aromatic heterocycles. The van der Waals surface area contributed by atoms with E-state index in [1.54, 1.807) is 7.05 Å². The molecule has 0 radical (unpaired) electrons. The molecule has 0 fully saturated rings. The summed E-state index contributed by atoms with van der Waals surface area (Å²) in [7, 11) is 1.57. The Labute approximate surface area is 98.5 Å². The van der Waals surface area contributed by atoms with E-state index in [1.807, 2.05) is 13.8 Å². The molecule has 1 heterocycles. The van der Waals surface area contributed by atoms with Crippen LogP contribution in [0.1, 0.15) is 26.0 Å². The number of aryl methyl sites for hydroxylation is 1. The fraction of sp³-hybridized carbons (Fsp3) is 0.455. The lowest BCUT2D eigenvalue weighted by molar-refractivity contribution is 0.143. The Hall–Kier alpha value is -1.72. The number of alkyl halides is 2. The van der Waals surface area contributed by atoms with Gasteiger partial charge in [-0.3, -0.25) is 4.68 Å². The largest absolute Gasteiger partial charge is 0.403 e. The SMILES string of the molecule is CC(C)/C(=C/N)N=c1ccc(C(F)F)nn1C. The van der Waals surface area contributed by atoms with E-state index >= 15 is 0 Å². The van der Waals surface area contributed by atoms with E-state index in [0.29, 0.717) is 11.2 Å². The highest BCUT2D eigenvalue weighted by atomic mass is 19.3. The summed E-state index contributed by atoms with van der Waals surface area (Å²) in [5, 5.41) is 3.72. The molecule has 0 aliphatic rings. The van der Waals surface area contributed by atoms with Crippen LogP contribution in [0.15, 0.2) is 29.0 Å². The van der Waals surface area contributed by atoms with Crippen LogP contribution in [-0.2, 0) is 7.05 Å². The molecule has 94 valence electrons. The average molecular weight is 242 g/mol. The quantitative estimate of drug-likeness (QED) is 0.877. The first kappa shape index (κ1) is 13.3. The first-order chi connectivity index (χ1) is 7.95. The van der Waals surface area contributed by atoms with Gasteiger partial charge in [0.1, 0.15) is 11.2 Å². The van der Waals surface area contributed by atoms with Crippen molar-refractivity contribution in [2.75, 3.05) is 0 Å². The van der Waals surface area contributed by atoms with Crippen LogP contribution in [0.25, 0.3) is 0 Å². The van der Waals surface area contributed by atoms with Gasteiger partial charge in [-0.2, -0.15) is 5.10 Å². The summed E-state index contributed by atoms with van der Waals surface area (Å²) >= 11 is 0. The van der Waals surface area contributed by atoms with E-state index in [-0.39, 0.29) is 11.6 Å². The van der Waals surface area contributed by atoms with Crippen molar-refractivity contribution < 1.29 is 8.78 Å². The number of nitrogens with zero attached hydrogens (tertiary/aromatic N) is 3. The normalized spacial score (nSPS) is 13.8. The molecule has 0 aliphatic heterocycles. The van der Waals surface area contributed by atoms with Crippen molar-refractivity contribution in [3.8, 4) is 0 Å². The molecule has 0 aromatic carbocycles. The zero-order valence-corrected chi connectivity index (χ0v) is 10.1. The Morgan fingerprint density at radius 2 is 2.12 bits per heavy atom. The van der Waals surface area contributed by atoms with Gasteiger partial charge in [0.05, 0.1) is 5.70 Å². The Balaban J connectivity index is 3.20. The summed E-state index contributed by atoms with van der Waals surface area (Å²) in [5.41, 5.74) is 6.35. The topological polar surface area (TPSA) is 56.2 Å². The summed E-state index contributed by atoms with van der Waals surface area (Å²) < 4.78 is 26.1. The molecule has 0 amide bonds. The van der Waals surface area contributed by atoms with Crippen molar-refractivity contribution in [2.45, 2.75) is 20.3 Å². The summed E-state index contributed by atoms with van der Waals surface area (Å²) in [6.07, 6.45) is -1.17. The van der Waals surface area contributed by atoms with Crippen LogP contribution in [0, 0.1) is 5.92 Å². The van der Waals surface area contributed by atoms with Gasteiger partial charge in [0.25, 0.3) is 6.43 Å². The van der Waals surface area contributed by atoms with E-state index in [1.165, 1.54) is 23.0 Å². The Bertz CT molecular complexity index is 475. The smallest absolute Gasteiger partial charge is 0.282 e. The summed E-state index contributed by atoms with van der Waals surface area (Å²) in [4.78, 5) is 4.27. The van der Waals surface area contributed by atoms with E-state index in [9.17, 15) is 8.78 Å². The van der Waals surface area contributed by atoms with Crippen molar-refractivity contribution in [2.24, 2.45) is 23.7 Å². The maximum Gasteiger partial charge on any atom is 0.282 e. The molecule has 6 heteroatoms. The number of allylic oxidation sites excluding steroid dienone is 1. The third kappa shape index (κ3) is 3.37. The summed E-state index contributed by atoms with van der Waals surface area (Å²) in [6.45, 7) is 3.90. The number of aromatic nitrogens is 2. The van der Waals surface area contributed by atoms with E-state index < -0.39 is 6.43 Å². The van der Waals surface area contributed by atoms with Gasteiger partial charge in [0, 0.05) is 13.2 Å². The van der Waals surface area contributed by atoms with Crippen LogP contribution in [0.5, 0.6) is 0 Å². The predicted molar refractivity (Wildman–Crippen MR) is 60.8 cm³/mol. The van der Waals surface area contributed by atoms with E-state index in [2.05, 4.69) is 10.1 Å². The van der Waals surface area contributed by atoms with Gasteiger partial charge in [-0.25, -0.2) is 13.8 Å². The molecule has 2 N–H and O–H groups in total. The third-order valence-electron chi connectivity index (χ3n) is 2.23. The van der Waals surface area contributed by atoms with E-state index in [4.69, 9.17) is 5.73 Å². The van der Waals surface area contributed by atoms with Gasteiger partial charge in [-0.05, 0) is 18.1 Å². The standard InChI is InChI=1S/C11H16F2N4/c1-7(2)9(6-14)15-10-5-4-8(11(12)13)16-17(10)3/h4-7,11H,14H2,1-3H3/b9-6-,15-10?. The number of halogens is 2. The van der Waals surface area contributed by atoms with Gasteiger partial charge >= 0.3 is 0 Å². The Morgan fingerprint density at radius 3 is 2.53 bits per heavy atom. The van der Waals surface area contributed by atoms with Crippen LogP contribution in [0.2, 0.25) is 0 Å². The van der Waals surface area contributed by atoms with Gasteiger partial charge < -0.3 is 5.73 Å². The molecule has 17 heavy (non-hydrogen) atoms. The highest BCUT2D eigenvalue weighted by molar-refractivity contribution is 5.05. The molecular formula is C11H16F2N4. The van der Waals surface area contributed by atoms with Gasteiger partial charge in [0.15, 0.2) is 0 Å². The molecule has 1 aromatic rings. The van der Waals surface area contributed by atoms with Gasteiger partial charge in [-0.15, -0.1) is 0 Å². The van der Waals surface area contributed by atoms with Crippen LogP contribution < -0.4 is 11.2 Å². The molecule has 0 bridgehead atoms. The van der Waals surface area contributed by atoms with Crippen molar-refractivity contribution in [1.29, 1.82) is 0 Å². The molecule has 0 saturated carbocycles. The van der Waals surface area contributed by atoms with Crippen molar-refractivity contribution in [3.05, 3.63) is 35.2 Å². The van der Waals surface area contributed by atoms with Gasteiger partial charge in [-0.1, -0.05) is 13.8 Å². The van der Waals surface area contributed by atoms with Crippen LogP contribution in [0.4, 0.5) is 8.78 Å². The average Bonchev–Trinajstić information content (AvgIpc) is 2.26. The lowest BCUT2D eigenvalue weighted by Crippen LogP contribution is -2.22. The fourth-order valence-corrected chi connectivity index (χ4v) is 1.24. The molecule has 0 spiro atoms. The third-order valence-corrected chi connectivity index (χ3v) is 2.23. The highest BCUT2D eigenvalue weighted by Gasteiger charge is 2.09. The lowest BCUT2D eigenvalue weighted by Gasteiger charge is -2.06. The molecule has 1 rings (SSSR count). The molecule has 0 saturated heterocycles. The molecule has 0 unspecified atom stereocenters.